The van der Waals surface area contributed by atoms with Crippen molar-refractivity contribution in [1.29, 1.82) is 0 Å². The molecule has 4 nitrogen and oxygen atoms in total. The second-order valence-electron chi connectivity index (χ2n) is 5.20. The minimum Gasteiger partial charge on any atom is -0.455 e. The van der Waals surface area contributed by atoms with Crippen molar-refractivity contribution >= 4 is 5.69 Å². The van der Waals surface area contributed by atoms with Crippen molar-refractivity contribution in [1.82, 2.24) is 9.55 Å². The molecule has 1 aromatic carbocycles. The first kappa shape index (κ1) is 15.0. The second kappa shape index (κ2) is 5.72. The highest BCUT2D eigenvalue weighted by molar-refractivity contribution is 5.55. The van der Waals surface area contributed by atoms with Crippen molar-refractivity contribution in [2.45, 2.75) is 13.8 Å². The summed E-state index contributed by atoms with van der Waals surface area (Å²) in [4.78, 5) is 4.31. The van der Waals surface area contributed by atoms with E-state index in [0.29, 0.717) is 17.6 Å². The first-order valence-corrected chi connectivity index (χ1v) is 6.99. The third-order valence-corrected chi connectivity index (χ3v) is 3.50. The van der Waals surface area contributed by atoms with Crippen molar-refractivity contribution in [2.24, 2.45) is 0 Å². The maximum atomic E-state index is 13.5. The van der Waals surface area contributed by atoms with Gasteiger partial charge in [-0.05, 0) is 32.0 Å². The van der Waals surface area contributed by atoms with Crippen LogP contribution < -0.4 is 10.5 Å². The Bertz CT molecular complexity index is 855. The number of nitrogen functional groups attached to an aromatic ring is 1. The van der Waals surface area contributed by atoms with Gasteiger partial charge in [-0.2, -0.15) is 0 Å². The molecule has 0 saturated carbocycles. The van der Waals surface area contributed by atoms with Crippen LogP contribution in [0.15, 0.2) is 42.6 Å². The molecule has 118 valence electrons. The van der Waals surface area contributed by atoms with Crippen molar-refractivity contribution in [3.63, 3.8) is 0 Å². The van der Waals surface area contributed by atoms with Crippen LogP contribution in [0.25, 0.3) is 5.82 Å². The Morgan fingerprint density at radius 2 is 1.74 bits per heavy atom. The van der Waals surface area contributed by atoms with E-state index in [1.165, 1.54) is 0 Å². The molecule has 0 saturated heterocycles. The minimum absolute atomic E-state index is 0.0689. The fraction of sp³-hybridized carbons (Fsp3) is 0.118. The zero-order chi connectivity index (χ0) is 16.6. The third-order valence-electron chi connectivity index (χ3n) is 3.50. The molecular weight excluding hydrogens is 300 g/mol. The maximum Gasteiger partial charge on any atom is 0.156 e. The zero-order valence-electron chi connectivity index (χ0n) is 12.7. The normalized spacial score (nSPS) is 10.8. The van der Waals surface area contributed by atoms with Crippen molar-refractivity contribution in [3.8, 4) is 17.3 Å². The lowest BCUT2D eigenvalue weighted by Gasteiger charge is -2.12. The Labute approximate surface area is 132 Å². The van der Waals surface area contributed by atoms with Gasteiger partial charge in [-0.25, -0.2) is 13.8 Å². The number of aryl methyl sites for hydroxylation is 2. The molecule has 3 aromatic rings. The average Bonchev–Trinajstić information content (AvgIpc) is 2.83. The predicted molar refractivity (Wildman–Crippen MR) is 83.9 cm³/mol. The van der Waals surface area contributed by atoms with Crippen molar-refractivity contribution in [3.05, 3.63) is 65.6 Å². The fourth-order valence-corrected chi connectivity index (χ4v) is 2.39. The number of pyridine rings is 1. The first-order chi connectivity index (χ1) is 11.0. The molecule has 23 heavy (non-hydrogen) atoms. The van der Waals surface area contributed by atoms with Gasteiger partial charge in [0.25, 0.3) is 0 Å². The van der Waals surface area contributed by atoms with Gasteiger partial charge >= 0.3 is 0 Å². The van der Waals surface area contributed by atoms with Crippen LogP contribution in [0, 0.1) is 25.5 Å². The number of aromatic nitrogens is 2. The van der Waals surface area contributed by atoms with Crippen LogP contribution in [-0.2, 0) is 0 Å². The molecule has 2 aromatic heterocycles. The van der Waals surface area contributed by atoms with E-state index in [4.69, 9.17) is 10.5 Å². The van der Waals surface area contributed by atoms with E-state index in [-0.39, 0.29) is 11.4 Å². The minimum atomic E-state index is -0.855. The Morgan fingerprint density at radius 3 is 2.43 bits per heavy atom. The Morgan fingerprint density at radius 1 is 1.04 bits per heavy atom. The van der Waals surface area contributed by atoms with E-state index in [2.05, 4.69) is 4.98 Å². The van der Waals surface area contributed by atoms with Gasteiger partial charge < -0.3 is 15.0 Å². The second-order valence-corrected chi connectivity index (χ2v) is 5.20. The summed E-state index contributed by atoms with van der Waals surface area (Å²) < 4.78 is 34.3. The molecule has 0 aliphatic carbocycles. The van der Waals surface area contributed by atoms with E-state index in [0.717, 1.165) is 17.5 Å². The molecule has 0 unspecified atom stereocenters. The van der Waals surface area contributed by atoms with Crippen LogP contribution in [-0.4, -0.2) is 9.55 Å². The summed E-state index contributed by atoms with van der Waals surface area (Å²) in [5, 5.41) is 0. The number of halogens is 2. The molecule has 0 amide bonds. The lowest BCUT2D eigenvalue weighted by molar-refractivity contribution is 0.471. The van der Waals surface area contributed by atoms with Crippen LogP contribution in [0.2, 0.25) is 0 Å². The monoisotopic (exact) mass is 315 g/mol. The zero-order valence-corrected chi connectivity index (χ0v) is 12.7. The number of rotatable bonds is 3. The molecule has 0 aliphatic rings. The van der Waals surface area contributed by atoms with Crippen LogP contribution in [0.5, 0.6) is 11.5 Å². The van der Waals surface area contributed by atoms with Crippen molar-refractivity contribution < 1.29 is 13.5 Å². The molecular formula is C17H15F2N3O. The number of nitrogens with zero attached hydrogens (tertiary/aromatic N) is 2. The standard InChI is InChI=1S/C17H15F2N3O/c1-10-3-4-11(2)22(10)16-9-13(5-6-21-16)23-15-8-12(18)7-14(19)17(15)20/h3-9H,20H2,1-2H3. The molecule has 0 spiro atoms. The molecule has 0 aliphatic heterocycles. The summed E-state index contributed by atoms with van der Waals surface area (Å²) in [5.41, 5.74) is 7.39. The highest BCUT2D eigenvalue weighted by Crippen LogP contribution is 2.31. The summed E-state index contributed by atoms with van der Waals surface area (Å²) in [6.07, 6.45) is 1.56. The van der Waals surface area contributed by atoms with Gasteiger partial charge in [-0.3, -0.25) is 0 Å². The number of ether oxygens (including phenoxy) is 1. The molecule has 2 N–H and O–H groups in total. The average molecular weight is 315 g/mol. The number of benzene rings is 1. The van der Waals surface area contributed by atoms with Gasteiger partial charge in [-0.15, -0.1) is 0 Å². The summed E-state index contributed by atoms with van der Waals surface area (Å²) in [6, 6.07) is 8.99. The Kier molecular flexibility index (Phi) is 3.73. The largest absolute Gasteiger partial charge is 0.455 e. The summed E-state index contributed by atoms with van der Waals surface area (Å²) in [6.45, 7) is 3.92. The van der Waals surface area contributed by atoms with Gasteiger partial charge in [-0.1, -0.05) is 0 Å². The van der Waals surface area contributed by atoms with E-state index >= 15 is 0 Å². The van der Waals surface area contributed by atoms with Crippen LogP contribution >= 0.6 is 0 Å². The molecule has 0 atom stereocenters. The smallest absolute Gasteiger partial charge is 0.156 e. The first-order valence-electron chi connectivity index (χ1n) is 6.99. The van der Waals surface area contributed by atoms with Gasteiger partial charge in [0, 0.05) is 35.8 Å². The lowest BCUT2D eigenvalue weighted by Crippen LogP contribution is -2.02. The van der Waals surface area contributed by atoms with E-state index < -0.39 is 11.6 Å². The molecule has 3 rings (SSSR count). The lowest BCUT2D eigenvalue weighted by atomic mass is 10.2. The van der Waals surface area contributed by atoms with Crippen LogP contribution in [0.3, 0.4) is 0 Å². The van der Waals surface area contributed by atoms with Crippen molar-refractivity contribution in [2.75, 3.05) is 5.73 Å². The van der Waals surface area contributed by atoms with Gasteiger partial charge in [0.1, 0.15) is 23.1 Å². The SMILES string of the molecule is Cc1ccc(C)n1-c1cc(Oc2cc(F)cc(F)c2N)ccn1. The number of anilines is 1. The highest BCUT2D eigenvalue weighted by Gasteiger charge is 2.12. The number of hydrogen-bond donors (Lipinski definition) is 1. The van der Waals surface area contributed by atoms with Crippen LogP contribution in [0.1, 0.15) is 11.4 Å². The highest BCUT2D eigenvalue weighted by atomic mass is 19.1. The number of hydrogen-bond acceptors (Lipinski definition) is 3. The third kappa shape index (κ3) is 2.88. The quantitative estimate of drug-likeness (QED) is 0.739. The Hall–Kier alpha value is -2.89. The molecule has 6 heteroatoms. The number of nitrogens with two attached hydrogens (primary N) is 1. The molecule has 2 heterocycles. The Balaban J connectivity index is 1.99. The van der Waals surface area contributed by atoms with E-state index in [9.17, 15) is 8.78 Å². The summed E-state index contributed by atoms with van der Waals surface area (Å²) in [7, 11) is 0. The summed E-state index contributed by atoms with van der Waals surface area (Å²) >= 11 is 0. The molecule has 0 radical (unpaired) electrons. The topological polar surface area (TPSA) is 53.1 Å². The van der Waals surface area contributed by atoms with E-state index in [1.54, 1.807) is 18.3 Å². The van der Waals surface area contributed by atoms with Gasteiger partial charge in [0.2, 0.25) is 0 Å². The molecule has 0 bridgehead atoms. The van der Waals surface area contributed by atoms with Gasteiger partial charge in [0.05, 0.1) is 0 Å². The van der Waals surface area contributed by atoms with Gasteiger partial charge in [0.15, 0.2) is 11.6 Å². The molecule has 0 fully saturated rings. The summed E-state index contributed by atoms with van der Waals surface area (Å²) in [5.74, 6) is -0.637. The maximum absolute atomic E-state index is 13.5. The predicted octanol–water partition coefficient (Wildman–Crippen LogP) is 4.14. The fourth-order valence-electron chi connectivity index (χ4n) is 2.39. The van der Waals surface area contributed by atoms with E-state index in [1.807, 2.05) is 30.5 Å². The van der Waals surface area contributed by atoms with Crippen LogP contribution in [0.4, 0.5) is 14.5 Å².